The molecule has 0 N–H and O–H groups in total. The van der Waals surface area contributed by atoms with Gasteiger partial charge in [0.05, 0.1) is 20.4 Å². The predicted octanol–water partition coefficient (Wildman–Crippen LogP) is 0.642. The van der Waals surface area contributed by atoms with Crippen LogP contribution in [-0.2, 0) is 9.53 Å². The van der Waals surface area contributed by atoms with E-state index in [1.54, 1.807) is 19.2 Å². The van der Waals surface area contributed by atoms with E-state index in [2.05, 4.69) is 9.72 Å². The van der Waals surface area contributed by atoms with Gasteiger partial charge in [0.15, 0.2) is 6.61 Å². The molecular weight excluding hydrogens is 186 g/mol. The van der Waals surface area contributed by atoms with Crippen LogP contribution < -0.4 is 9.47 Å². The molecule has 0 fully saturated rings. The summed E-state index contributed by atoms with van der Waals surface area (Å²) in [5, 5.41) is 0. The summed E-state index contributed by atoms with van der Waals surface area (Å²) < 4.78 is 14.3. The van der Waals surface area contributed by atoms with Gasteiger partial charge in [0.1, 0.15) is 5.75 Å². The second-order valence-electron chi connectivity index (χ2n) is 2.40. The minimum atomic E-state index is -0.442. The van der Waals surface area contributed by atoms with Crippen molar-refractivity contribution in [3.8, 4) is 11.6 Å². The molecule has 0 aromatic carbocycles. The summed E-state index contributed by atoms with van der Waals surface area (Å²) in [4.78, 5) is 14.6. The summed E-state index contributed by atoms with van der Waals surface area (Å²) in [5.74, 6) is 0.550. The monoisotopic (exact) mass is 197 g/mol. The van der Waals surface area contributed by atoms with Crippen LogP contribution in [0.25, 0.3) is 0 Å². The number of nitrogens with zero attached hydrogens (tertiary/aromatic N) is 1. The highest BCUT2D eigenvalue weighted by Gasteiger charge is 2.02. The minimum Gasteiger partial charge on any atom is -0.495 e. The highest BCUT2D eigenvalue weighted by molar-refractivity contribution is 5.70. The van der Waals surface area contributed by atoms with Crippen LogP contribution in [0.1, 0.15) is 0 Å². The molecule has 76 valence electrons. The molecule has 5 heteroatoms. The molecule has 1 aromatic heterocycles. The van der Waals surface area contributed by atoms with Gasteiger partial charge in [-0.05, 0) is 6.07 Å². The Morgan fingerprint density at radius 1 is 1.43 bits per heavy atom. The van der Waals surface area contributed by atoms with Crippen LogP contribution in [0.15, 0.2) is 18.3 Å². The topological polar surface area (TPSA) is 57.7 Å². The molecular formula is C9H11NO4. The normalized spacial score (nSPS) is 9.29. The fraction of sp³-hybridized carbons (Fsp3) is 0.333. The minimum absolute atomic E-state index is 0.143. The van der Waals surface area contributed by atoms with E-state index in [0.717, 1.165) is 0 Å². The van der Waals surface area contributed by atoms with Crippen molar-refractivity contribution in [3.05, 3.63) is 18.3 Å². The summed E-state index contributed by atoms with van der Waals surface area (Å²) in [7, 11) is 2.85. The molecule has 5 nitrogen and oxygen atoms in total. The number of pyridine rings is 1. The van der Waals surface area contributed by atoms with Crippen molar-refractivity contribution in [2.45, 2.75) is 0 Å². The van der Waals surface area contributed by atoms with Crippen molar-refractivity contribution in [1.82, 2.24) is 4.98 Å². The number of hydrogen-bond donors (Lipinski definition) is 0. The Kier molecular flexibility index (Phi) is 3.72. The van der Waals surface area contributed by atoms with Gasteiger partial charge in [-0.2, -0.15) is 0 Å². The molecule has 14 heavy (non-hydrogen) atoms. The number of ether oxygens (including phenoxy) is 3. The largest absolute Gasteiger partial charge is 0.495 e. The third-order valence-electron chi connectivity index (χ3n) is 1.51. The molecule has 1 heterocycles. The molecule has 0 amide bonds. The zero-order chi connectivity index (χ0) is 10.4. The molecule has 0 aliphatic carbocycles. The first-order chi connectivity index (χ1) is 6.76. The van der Waals surface area contributed by atoms with E-state index < -0.39 is 5.97 Å². The molecule has 0 unspecified atom stereocenters. The lowest BCUT2D eigenvalue weighted by Crippen LogP contribution is -2.12. The SMILES string of the molecule is COC(=O)COc1ccc(OC)cn1. The zero-order valence-corrected chi connectivity index (χ0v) is 8.02. The molecule has 0 aliphatic heterocycles. The molecule has 0 radical (unpaired) electrons. The lowest BCUT2D eigenvalue weighted by molar-refractivity contribution is -0.143. The summed E-state index contributed by atoms with van der Waals surface area (Å²) in [6.45, 7) is -0.143. The standard InChI is InChI=1S/C9H11NO4/c1-12-7-3-4-8(10-5-7)14-6-9(11)13-2/h3-5H,6H2,1-2H3. The molecule has 1 rings (SSSR count). The van der Waals surface area contributed by atoms with E-state index in [9.17, 15) is 4.79 Å². The first-order valence-corrected chi connectivity index (χ1v) is 3.96. The third-order valence-corrected chi connectivity index (χ3v) is 1.51. The third kappa shape index (κ3) is 2.93. The number of hydrogen-bond acceptors (Lipinski definition) is 5. The van der Waals surface area contributed by atoms with E-state index in [1.807, 2.05) is 0 Å². The average Bonchev–Trinajstić information content (AvgIpc) is 2.26. The lowest BCUT2D eigenvalue weighted by Gasteiger charge is -2.04. The summed E-state index contributed by atoms with van der Waals surface area (Å²) in [5.41, 5.74) is 0. The van der Waals surface area contributed by atoms with Crippen molar-refractivity contribution in [1.29, 1.82) is 0 Å². The highest BCUT2D eigenvalue weighted by Crippen LogP contribution is 2.12. The Balaban J connectivity index is 2.47. The molecule has 1 aromatic rings. The second kappa shape index (κ2) is 5.06. The average molecular weight is 197 g/mol. The fourth-order valence-corrected chi connectivity index (χ4v) is 0.765. The van der Waals surface area contributed by atoms with Crippen LogP contribution in [0.5, 0.6) is 11.6 Å². The molecule has 0 aliphatic rings. The van der Waals surface area contributed by atoms with Crippen molar-refractivity contribution in [2.75, 3.05) is 20.8 Å². The Morgan fingerprint density at radius 2 is 2.21 bits per heavy atom. The fourth-order valence-electron chi connectivity index (χ4n) is 0.765. The zero-order valence-electron chi connectivity index (χ0n) is 8.02. The molecule has 0 bridgehead atoms. The Bertz CT molecular complexity index is 296. The van der Waals surface area contributed by atoms with Gasteiger partial charge in [-0.1, -0.05) is 0 Å². The molecule has 0 spiro atoms. The van der Waals surface area contributed by atoms with Gasteiger partial charge in [0, 0.05) is 6.07 Å². The number of esters is 1. The molecule has 0 saturated carbocycles. The Hall–Kier alpha value is -1.78. The van der Waals surface area contributed by atoms with Crippen LogP contribution >= 0.6 is 0 Å². The number of carbonyl (C=O) groups is 1. The van der Waals surface area contributed by atoms with E-state index in [0.29, 0.717) is 11.6 Å². The molecule has 0 atom stereocenters. The Labute approximate surface area is 81.6 Å². The molecule has 0 saturated heterocycles. The van der Waals surface area contributed by atoms with E-state index in [4.69, 9.17) is 9.47 Å². The maximum atomic E-state index is 10.7. The summed E-state index contributed by atoms with van der Waals surface area (Å²) in [6.07, 6.45) is 1.51. The number of methoxy groups -OCH3 is 2. The van der Waals surface area contributed by atoms with Gasteiger partial charge in [-0.25, -0.2) is 9.78 Å². The lowest BCUT2D eigenvalue weighted by atomic mass is 10.4. The number of aromatic nitrogens is 1. The smallest absolute Gasteiger partial charge is 0.343 e. The number of rotatable bonds is 4. The number of carbonyl (C=O) groups excluding carboxylic acids is 1. The van der Waals surface area contributed by atoms with E-state index in [1.165, 1.54) is 13.3 Å². The highest BCUT2D eigenvalue weighted by atomic mass is 16.6. The van der Waals surface area contributed by atoms with E-state index >= 15 is 0 Å². The Morgan fingerprint density at radius 3 is 2.71 bits per heavy atom. The second-order valence-corrected chi connectivity index (χ2v) is 2.40. The van der Waals surface area contributed by atoms with Crippen molar-refractivity contribution < 1.29 is 19.0 Å². The maximum Gasteiger partial charge on any atom is 0.343 e. The van der Waals surface area contributed by atoms with Crippen LogP contribution in [0.2, 0.25) is 0 Å². The van der Waals surface area contributed by atoms with Crippen LogP contribution in [-0.4, -0.2) is 31.8 Å². The van der Waals surface area contributed by atoms with Crippen LogP contribution in [0, 0.1) is 0 Å². The first-order valence-electron chi connectivity index (χ1n) is 3.96. The van der Waals surface area contributed by atoms with Gasteiger partial charge in [0.25, 0.3) is 0 Å². The van der Waals surface area contributed by atoms with Gasteiger partial charge < -0.3 is 14.2 Å². The van der Waals surface area contributed by atoms with Crippen molar-refractivity contribution in [3.63, 3.8) is 0 Å². The van der Waals surface area contributed by atoms with Gasteiger partial charge in [-0.15, -0.1) is 0 Å². The van der Waals surface area contributed by atoms with E-state index in [-0.39, 0.29) is 6.61 Å². The van der Waals surface area contributed by atoms with Gasteiger partial charge in [-0.3, -0.25) is 0 Å². The maximum absolute atomic E-state index is 10.7. The first kappa shape index (κ1) is 10.3. The predicted molar refractivity (Wildman–Crippen MR) is 48.3 cm³/mol. The summed E-state index contributed by atoms with van der Waals surface area (Å²) >= 11 is 0. The van der Waals surface area contributed by atoms with Crippen molar-refractivity contribution in [2.24, 2.45) is 0 Å². The van der Waals surface area contributed by atoms with Crippen LogP contribution in [0.4, 0.5) is 0 Å². The quantitative estimate of drug-likeness (QED) is 0.663. The van der Waals surface area contributed by atoms with Gasteiger partial charge in [0.2, 0.25) is 5.88 Å². The summed E-state index contributed by atoms with van der Waals surface area (Å²) in [6, 6.07) is 3.31. The van der Waals surface area contributed by atoms with Crippen molar-refractivity contribution >= 4 is 5.97 Å². The van der Waals surface area contributed by atoms with Crippen LogP contribution in [0.3, 0.4) is 0 Å². The van der Waals surface area contributed by atoms with Gasteiger partial charge >= 0.3 is 5.97 Å².